The zero-order chi connectivity index (χ0) is 18.8. The molecular weight excluding hydrogens is 398 g/mol. The SMILES string of the molecule is COc1ccc(OC)c(CN(C(=O)C2NNC(C(C)C)C2Br)C2CC2)c1. The predicted octanol–water partition coefficient (Wildman–Crippen LogP) is 2.46. The number of nitrogens with one attached hydrogen (secondary N) is 2. The van der Waals surface area contributed by atoms with Gasteiger partial charge in [-0.05, 0) is 37.0 Å². The number of rotatable bonds is 7. The molecule has 7 heteroatoms. The number of alkyl halides is 1. The van der Waals surface area contributed by atoms with Gasteiger partial charge in [0.15, 0.2) is 0 Å². The molecule has 1 saturated heterocycles. The van der Waals surface area contributed by atoms with Crippen LogP contribution in [0.3, 0.4) is 0 Å². The summed E-state index contributed by atoms with van der Waals surface area (Å²) in [6, 6.07) is 5.95. The van der Waals surface area contributed by atoms with Crippen molar-refractivity contribution in [3.63, 3.8) is 0 Å². The van der Waals surface area contributed by atoms with Crippen molar-refractivity contribution >= 4 is 21.8 Å². The summed E-state index contributed by atoms with van der Waals surface area (Å²) in [4.78, 5) is 15.3. The Morgan fingerprint density at radius 2 is 2.00 bits per heavy atom. The number of benzene rings is 1. The maximum absolute atomic E-state index is 13.3. The first-order valence-corrected chi connectivity index (χ1v) is 10.0. The molecule has 0 radical (unpaired) electrons. The molecule has 144 valence electrons. The number of ether oxygens (including phenoxy) is 2. The van der Waals surface area contributed by atoms with Gasteiger partial charge in [0.1, 0.15) is 17.5 Å². The second-order valence-corrected chi connectivity index (χ2v) is 8.41. The Kier molecular flexibility index (Phi) is 6.10. The van der Waals surface area contributed by atoms with Gasteiger partial charge in [-0.3, -0.25) is 10.2 Å². The Balaban J connectivity index is 1.79. The lowest BCUT2D eigenvalue weighted by molar-refractivity contribution is -0.134. The minimum Gasteiger partial charge on any atom is -0.497 e. The van der Waals surface area contributed by atoms with Crippen LogP contribution < -0.4 is 20.3 Å². The van der Waals surface area contributed by atoms with Gasteiger partial charge in [-0.15, -0.1) is 0 Å². The maximum atomic E-state index is 13.3. The zero-order valence-electron chi connectivity index (χ0n) is 15.8. The van der Waals surface area contributed by atoms with Crippen molar-refractivity contribution in [3.05, 3.63) is 23.8 Å². The third-order valence-corrected chi connectivity index (χ3v) is 6.25. The molecule has 0 aromatic heterocycles. The average Bonchev–Trinajstić information content (AvgIpc) is 3.40. The van der Waals surface area contributed by atoms with E-state index in [1.54, 1.807) is 14.2 Å². The van der Waals surface area contributed by atoms with Crippen LogP contribution in [0.4, 0.5) is 0 Å². The molecule has 2 fully saturated rings. The lowest BCUT2D eigenvalue weighted by Crippen LogP contribution is -2.48. The Hall–Kier alpha value is -1.31. The highest BCUT2D eigenvalue weighted by atomic mass is 79.9. The monoisotopic (exact) mass is 425 g/mol. The highest BCUT2D eigenvalue weighted by Gasteiger charge is 2.44. The number of carbonyl (C=O) groups excluding carboxylic acids is 1. The number of hydrogen-bond donors (Lipinski definition) is 2. The van der Waals surface area contributed by atoms with Gasteiger partial charge in [-0.2, -0.15) is 0 Å². The van der Waals surface area contributed by atoms with Gasteiger partial charge < -0.3 is 14.4 Å². The zero-order valence-corrected chi connectivity index (χ0v) is 17.4. The molecular formula is C19H28BrN3O3. The van der Waals surface area contributed by atoms with E-state index >= 15 is 0 Å². The van der Waals surface area contributed by atoms with Crippen molar-refractivity contribution in [1.82, 2.24) is 15.8 Å². The largest absolute Gasteiger partial charge is 0.497 e. The van der Waals surface area contributed by atoms with Gasteiger partial charge in [-0.1, -0.05) is 29.8 Å². The number of hydrogen-bond acceptors (Lipinski definition) is 5. The Bertz CT molecular complexity index is 651. The number of nitrogens with zero attached hydrogens (tertiary/aromatic N) is 1. The summed E-state index contributed by atoms with van der Waals surface area (Å²) in [6.07, 6.45) is 2.11. The van der Waals surface area contributed by atoms with E-state index < -0.39 is 0 Å². The molecule has 0 bridgehead atoms. The normalized spacial score (nSPS) is 25.4. The Morgan fingerprint density at radius 3 is 2.54 bits per heavy atom. The summed E-state index contributed by atoms with van der Waals surface area (Å²) < 4.78 is 10.8. The van der Waals surface area contributed by atoms with Crippen LogP contribution >= 0.6 is 15.9 Å². The molecule has 1 aromatic carbocycles. The van der Waals surface area contributed by atoms with Gasteiger partial charge in [0, 0.05) is 24.2 Å². The van der Waals surface area contributed by atoms with Crippen LogP contribution in [-0.4, -0.2) is 48.0 Å². The molecule has 1 aliphatic carbocycles. The Morgan fingerprint density at radius 1 is 1.27 bits per heavy atom. The van der Waals surface area contributed by atoms with Crippen molar-refractivity contribution in [2.75, 3.05) is 14.2 Å². The van der Waals surface area contributed by atoms with Crippen molar-refractivity contribution in [2.24, 2.45) is 5.92 Å². The molecule has 1 aromatic rings. The van der Waals surface area contributed by atoms with E-state index in [-0.39, 0.29) is 22.8 Å². The van der Waals surface area contributed by atoms with Crippen LogP contribution in [0.2, 0.25) is 0 Å². The van der Waals surface area contributed by atoms with Gasteiger partial charge in [0.25, 0.3) is 0 Å². The number of halogens is 1. The molecule has 26 heavy (non-hydrogen) atoms. The maximum Gasteiger partial charge on any atom is 0.242 e. The fourth-order valence-corrected chi connectivity index (χ4v) is 4.53. The molecule has 1 heterocycles. The lowest BCUT2D eigenvalue weighted by Gasteiger charge is -2.28. The topological polar surface area (TPSA) is 62.8 Å². The van der Waals surface area contributed by atoms with Crippen LogP contribution in [0, 0.1) is 5.92 Å². The van der Waals surface area contributed by atoms with Gasteiger partial charge in [0.2, 0.25) is 5.91 Å². The van der Waals surface area contributed by atoms with E-state index in [4.69, 9.17) is 9.47 Å². The molecule has 3 unspecified atom stereocenters. The third-order valence-electron chi connectivity index (χ3n) is 5.15. The van der Waals surface area contributed by atoms with E-state index in [1.165, 1.54) is 0 Å². The summed E-state index contributed by atoms with van der Waals surface area (Å²) in [5.74, 6) is 2.09. The molecule has 6 nitrogen and oxygen atoms in total. The number of carbonyl (C=O) groups is 1. The van der Waals surface area contributed by atoms with Crippen LogP contribution in [0.25, 0.3) is 0 Å². The number of amides is 1. The molecule has 3 atom stereocenters. The molecule has 1 aliphatic heterocycles. The molecule has 0 spiro atoms. The molecule has 2 N–H and O–H groups in total. The summed E-state index contributed by atoms with van der Waals surface area (Å²) in [6.45, 7) is 4.83. The average molecular weight is 426 g/mol. The van der Waals surface area contributed by atoms with E-state index in [1.807, 2.05) is 23.1 Å². The van der Waals surface area contributed by atoms with Crippen molar-refractivity contribution < 1.29 is 14.3 Å². The number of methoxy groups -OCH3 is 2. The van der Waals surface area contributed by atoms with Gasteiger partial charge >= 0.3 is 0 Å². The molecule has 3 rings (SSSR count). The molecule has 1 amide bonds. The van der Waals surface area contributed by atoms with E-state index in [9.17, 15) is 4.79 Å². The van der Waals surface area contributed by atoms with Crippen molar-refractivity contribution in [3.8, 4) is 11.5 Å². The second-order valence-electron chi connectivity index (χ2n) is 7.36. The first-order valence-electron chi connectivity index (χ1n) is 9.12. The van der Waals surface area contributed by atoms with E-state index in [0.29, 0.717) is 18.5 Å². The van der Waals surface area contributed by atoms with Gasteiger partial charge in [-0.25, -0.2) is 5.43 Å². The standard InChI is InChI=1S/C19H28BrN3O3/c1-11(2)17-16(20)18(22-21-17)19(24)23(13-5-6-13)10-12-9-14(25-3)7-8-15(12)26-4/h7-9,11,13,16-18,21-22H,5-6,10H2,1-4H3. The molecule has 1 saturated carbocycles. The van der Waals surface area contributed by atoms with Crippen LogP contribution in [0.5, 0.6) is 11.5 Å². The second kappa shape index (κ2) is 8.15. The summed E-state index contributed by atoms with van der Waals surface area (Å²) >= 11 is 3.73. The highest BCUT2D eigenvalue weighted by molar-refractivity contribution is 9.09. The quantitative estimate of drug-likeness (QED) is 0.656. The summed E-state index contributed by atoms with van der Waals surface area (Å²) in [7, 11) is 3.30. The minimum atomic E-state index is -0.278. The smallest absolute Gasteiger partial charge is 0.242 e. The third kappa shape index (κ3) is 4.00. The fourth-order valence-electron chi connectivity index (χ4n) is 3.43. The van der Waals surface area contributed by atoms with Crippen molar-refractivity contribution in [1.29, 1.82) is 0 Å². The number of hydrazine groups is 1. The van der Waals surface area contributed by atoms with E-state index in [2.05, 4.69) is 40.6 Å². The molecule has 2 aliphatic rings. The predicted molar refractivity (Wildman–Crippen MR) is 105 cm³/mol. The van der Waals surface area contributed by atoms with Crippen LogP contribution in [0.1, 0.15) is 32.3 Å². The summed E-state index contributed by atoms with van der Waals surface area (Å²) in [5, 5.41) is 0. The first kappa shape index (κ1) is 19.5. The van der Waals surface area contributed by atoms with Crippen molar-refractivity contribution in [2.45, 2.75) is 56.2 Å². The first-order chi connectivity index (χ1) is 12.5. The fraction of sp³-hybridized carbons (Fsp3) is 0.632. The lowest BCUT2D eigenvalue weighted by atomic mass is 9.98. The van der Waals surface area contributed by atoms with Crippen LogP contribution in [-0.2, 0) is 11.3 Å². The van der Waals surface area contributed by atoms with E-state index in [0.717, 1.165) is 29.9 Å². The minimum absolute atomic E-state index is 0.0588. The van der Waals surface area contributed by atoms with Crippen LogP contribution in [0.15, 0.2) is 18.2 Å². The highest BCUT2D eigenvalue weighted by Crippen LogP contribution is 2.34. The Labute approximate surface area is 163 Å². The van der Waals surface area contributed by atoms with Gasteiger partial charge in [0.05, 0.1) is 19.0 Å². The summed E-state index contributed by atoms with van der Waals surface area (Å²) in [5.41, 5.74) is 7.42.